The van der Waals surface area contributed by atoms with E-state index < -0.39 is 0 Å². The Bertz CT molecular complexity index is 1230. The summed E-state index contributed by atoms with van der Waals surface area (Å²) < 4.78 is 3.49. The molecule has 0 bridgehead atoms. The van der Waals surface area contributed by atoms with Gasteiger partial charge < -0.3 is 10.6 Å². The van der Waals surface area contributed by atoms with Crippen molar-refractivity contribution in [3.63, 3.8) is 0 Å². The zero-order valence-electron chi connectivity index (χ0n) is 17.0. The van der Waals surface area contributed by atoms with Gasteiger partial charge in [0.05, 0.1) is 25.0 Å². The van der Waals surface area contributed by atoms with Crippen molar-refractivity contribution in [1.82, 2.24) is 19.6 Å². The molecule has 0 saturated heterocycles. The van der Waals surface area contributed by atoms with E-state index in [1.165, 1.54) is 11.1 Å². The maximum atomic E-state index is 6.33. The normalized spacial score (nSPS) is 10.9. The van der Waals surface area contributed by atoms with Crippen LogP contribution in [-0.2, 0) is 13.1 Å². The molecule has 0 atom stereocenters. The van der Waals surface area contributed by atoms with Crippen LogP contribution >= 0.6 is 47.0 Å². The third-order valence-electron chi connectivity index (χ3n) is 4.69. The Labute approximate surface area is 206 Å². The topological polar surface area (TPSA) is 59.7 Å². The van der Waals surface area contributed by atoms with E-state index >= 15 is 0 Å². The maximum Gasteiger partial charge on any atom is 0.176 e. The molecule has 2 N–H and O–H groups in total. The van der Waals surface area contributed by atoms with Gasteiger partial charge in [-0.3, -0.25) is 9.36 Å². The van der Waals surface area contributed by atoms with Crippen molar-refractivity contribution in [3.8, 4) is 0 Å². The smallest absolute Gasteiger partial charge is 0.176 e. The van der Waals surface area contributed by atoms with Gasteiger partial charge in [-0.2, -0.15) is 10.2 Å². The van der Waals surface area contributed by atoms with E-state index in [4.69, 9.17) is 47.0 Å². The van der Waals surface area contributed by atoms with E-state index in [0.29, 0.717) is 39.1 Å². The van der Waals surface area contributed by atoms with Gasteiger partial charge in [0, 0.05) is 28.0 Å². The Kier molecular flexibility index (Phi) is 7.01. The summed E-state index contributed by atoms with van der Waals surface area (Å²) in [5, 5.41) is 16.8. The molecule has 4 aromatic rings. The van der Waals surface area contributed by atoms with Crippen molar-refractivity contribution >= 4 is 63.6 Å². The SMILES string of the molecule is Cc1ccc(Cn2cc(NC(=S)Nc3nn(Cc4c(Cl)cccc4Cl)cc3Cl)cn2)cc1. The molecule has 4 rings (SSSR count). The highest BCUT2D eigenvalue weighted by molar-refractivity contribution is 7.80. The summed E-state index contributed by atoms with van der Waals surface area (Å²) in [6.45, 7) is 3.11. The van der Waals surface area contributed by atoms with Crippen LogP contribution < -0.4 is 10.6 Å². The second-order valence-electron chi connectivity index (χ2n) is 7.21. The number of aryl methyl sites for hydroxylation is 1. The monoisotopic (exact) mass is 504 g/mol. The van der Waals surface area contributed by atoms with Crippen molar-refractivity contribution in [2.45, 2.75) is 20.0 Å². The summed E-state index contributed by atoms with van der Waals surface area (Å²) in [5.74, 6) is 0.430. The van der Waals surface area contributed by atoms with E-state index in [1.54, 1.807) is 35.3 Å². The highest BCUT2D eigenvalue weighted by Crippen LogP contribution is 2.27. The lowest BCUT2D eigenvalue weighted by Gasteiger charge is -2.08. The predicted octanol–water partition coefficient (Wildman–Crippen LogP) is 6.25. The number of rotatable bonds is 6. The number of nitrogens with one attached hydrogen (secondary N) is 2. The van der Waals surface area contributed by atoms with Crippen molar-refractivity contribution in [3.05, 3.63) is 92.8 Å². The van der Waals surface area contributed by atoms with Gasteiger partial charge in [-0.15, -0.1) is 0 Å². The van der Waals surface area contributed by atoms with Gasteiger partial charge in [0.25, 0.3) is 0 Å². The number of hydrogen-bond donors (Lipinski definition) is 2. The number of anilines is 2. The van der Waals surface area contributed by atoms with Gasteiger partial charge >= 0.3 is 0 Å². The lowest BCUT2D eigenvalue weighted by atomic mass is 10.1. The highest BCUT2D eigenvalue weighted by Gasteiger charge is 2.12. The summed E-state index contributed by atoms with van der Waals surface area (Å²) in [7, 11) is 0. The van der Waals surface area contributed by atoms with Crippen molar-refractivity contribution in [2.24, 2.45) is 0 Å². The predicted molar refractivity (Wildman–Crippen MR) is 135 cm³/mol. The van der Waals surface area contributed by atoms with Gasteiger partial charge in [0.2, 0.25) is 0 Å². The van der Waals surface area contributed by atoms with Crippen molar-refractivity contribution in [1.29, 1.82) is 0 Å². The lowest BCUT2D eigenvalue weighted by Crippen LogP contribution is -2.19. The Morgan fingerprint density at radius 2 is 1.62 bits per heavy atom. The second-order valence-corrected chi connectivity index (χ2v) is 8.84. The summed E-state index contributed by atoms with van der Waals surface area (Å²) >= 11 is 24.2. The van der Waals surface area contributed by atoms with Crippen LogP contribution in [-0.4, -0.2) is 24.7 Å². The Balaban J connectivity index is 1.37. The van der Waals surface area contributed by atoms with E-state index in [0.717, 1.165) is 11.3 Å². The van der Waals surface area contributed by atoms with Gasteiger partial charge in [0.15, 0.2) is 10.9 Å². The van der Waals surface area contributed by atoms with E-state index in [1.807, 2.05) is 10.9 Å². The van der Waals surface area contributed by atoms with Crippen LogP contribution in [0.4, 0.5) is 11.5 Å². The fourth-order valence-corrected chi connectivity index (χ4v) is 4.00. The average molecular weight is 506 g/mol. The Morgan fingerprint density at radius 3 is 2.34 bits per heavy atom. The molecule has 10 heteroatoms. The molecule has 0 fully saturated rings. The van der Waals surface area contributed by atoms with Crippen LogP contribution in [0.5, 0.6) is 0 Å². The number of hydrogen-bond acceptors (Lipinski definition) is 3. The van der Waals surface area contributed by atoms with Gasteiger partial charge in [-0.05, 0) is 36.8 Å². The summed E-state index contributed by atoms with van der Waals surface area (Å²) in [4.78, 5) is 0. The molecule has 0 aliphatic rings. The minimum Gasteiger partial charge on any atom is -0.330 e. The summed E-state index contributed by atoms with van der Waals surface area (Å²) in [5.41, 5.74) is 3.92. The van der Waals surface area contributed by atoms with Crippen LogP contribution in [0.1, 0.15) is 16.7 Å². The first-order valence-corrected chi connectivity index (χ1v) is 11.2. The molecule has 0 unspecified atom stereocenters. The summed E-state index contributed by atoms with van der Waals surface area (Å²) in [6.07, 6.45) is 5.28. The van der Waals surface area contributed by atoms with Crippen LogP contribution in [0.3, 0.4) is 0 Å². The Hall–Kier alpha value is -2.58. The molecule has 32 heavy (non-hydrogen) atoms. The fraction of sp³-hybridized carbons (Fsp3) is 0.136. The number of nitrogens with zero attached hydrogens (tertiary/aromatic N) is 4. The maximum absolute atomic E-state index is 6.33. The number of aromatic nitrogens is 4. The molecule has 0 amide bonds. The van der Waals surface area contributed by atoms with E-state index in [-0.39, 0.29) is 0 Å². The molecule has 2 aromatic carbocycles. The molecule has 0 aliphatic carbocycles. The van der Waals surface area contributed by atoms with Crippen LogP contribution in [0.2, 0.25) is 15.1 Å². The molecule has 2 heterocycles. The van der Waals surface area contributed by atoms with E-state index in [2.05, 4.69) is 52.0 Å². The number of halogens is 3. The standard InChI is InChI=1S/C22H19Cl3N6S/c1-14-5-7-15(8-6-14)10-30-11-16(9-26-30)27-22(32)28-21-20(25)13-31(29-21)12-17-18(23)3-2-4-19(17)24/h2-9,11,13H,10,12H2,1H3,(H2,27,28,29,32). The molecule has 164 valence electrons. The minimum atomic E-state index is 0.350. The van der Waals surface area contributed by atoms with Gasteiger partial charge in [0.1, 0.15) is 5.02 Å². The average Bonchev–Trinajstić information content (AvgIpc) is 3.32. The van der Waals surface area contributed by atoms with Crippen LogP contribution in [0.25, 0.3) is 0 Å². The van der Waals surface area contributed by atoms with Gasteiger partial charge in [-0.25, -0.2) is 0 Å². The first-order valence-electron chi connectivity index (χ1n) is 9.69. The molecule has 6 nitrogen and oxygen atoms in total. The van der Waals surface area contributed by atoms with Crippen molar-refractivity contribution in [2.75, 3.05) is 10.6 Å². The molecule has 0 aliphatic heterocycles. The van der Waals surface area contributed by atoms with E-state index in [9.17, 15) is 0 Å². The highest BCUT2D eigenvalue weighted by atomic mass is 35.5. The molecular weight excluding hydrogens is 487 g/mol. The molecule has 0 radical (unpaired) electrons. The largest absolute Gasteiger partial charge is 0.330 e. The van der Waals surface area contributed by atoms with Gasteiger partial charge in [-0.1, -0.05) is 70.7 Å². The minimum absolute atomic E-state index is 0.350. The number of benzene rings is 2. The lowest BCUT2D eigenvalue weighted by molar-refractivity contribution is 0.687. The molecule has 0 saturated carbocycles. The first-order chi connectivity index (χ1) is 15.4. The first kappa shape index (κ1) is 22.6. The Morgan fingerprint density at radius 1 is 0.906 bits per heavy atom. The zero-order chi connectivity index (χ0) is 22.7. The van der Waals surface area contributed by atoms with Crippen LogP contribution in [0, 0.1) is 6.92 Å². The molecular formula is C22H19Cl3N6S. The fourth-order valence-electron chi connectivity index (χ4n) is 3.07. The molecule has 0 spiro atoms. The van der Waals surface area contributed by atoms with Crippen LogP contribution in [0.15, 0.2) is 61.1 Å². The molecule has 2 aromatic heterocycles. The third-order valence-corrected chi connectivity index (χ3v) is 5.88. The third kappa shape index (κ3) is 5.61. The van der Waals surface area contributed by atoms with Crippen molar-refractivity contribution < 1.29 is 0 Å². The quantitative estimate of drug-likeness (QED) is 0.303. The summed E-state index contributed by atoms with van der Waals surface area (Å²) in [6, 6.07) is 13.7. The second kappa shape index (κ2) is 9.92. The number of thiocarbonyl (C=S) groups is 1. The zero-order valence-corrected chi connectivity index (χ0v) is 20.1.